The van der Waals surface area contributed by atoms with Gasteiger partial charge in [0.2, 0.25) is 0 Å². The van der Waals surface area contributed by atoms with Gasteiger partial charge in [-0.3, -0.25) is 0 Å². The molecule has 2 unspecified atom stereocenters. The fourth-order valence-electron chi connectivity index (χ4n) is 4.63. The average molecular weight is 661 g/mol. The van der Waals surface area contributed by atoms with Gasteiger partial charge in [-0.15, -0.1) is 0 Å². The van der Waals surface area contributed by atoms with Crippen LogP contribution in [-0.2, 0) is 14.2 Å². The van der Waals surface area contributed by atoms with Gasteiger partial charge in [-0.2, -0.15) is 0 Å². The highest BCUT2D eigenvalue weighted by atomic mass is 16.6. The Hall–Kier alpha value is -2.12. The molecule has 2 aromatic rings. The second kappa shape index (κ2) is 36.7. The third-order valence-corrected chi connectivity index (χ3v) is 7.54. The molecule has 0 saturated heterocycles. The quantitative estimate of drug-likeness (QED) is 0.0916. The summed E-state index contributed by atoms with van der Waals surface area (Å²) in [4.78, 5) is 0. The van der Waals surface area contributed by atoms with Crippen molar-refractivity contribution in [3.63, 3.8) is 0 Å². The fourth-order valence-corrected chi connectivity index (χ4v) is 4.63. The van der Waals surface area contributed by atoms with Gasteiger partial charge in [-0.25, -0.2) is 0 Å². The summed E-state index contributed by atoms with van der Waals surface area (Å²) in [5.41, 5.74) is 0. The van der Waals surface area contributed by atoms with Crippen molar-refractivity contribution in [1.29, 1.82) is 0 Å². The standard InChI is InChI=1S/C21H28O6.2C10H22/c1-23-12-13-24-16-21(17-27-20-10-6-3-7-11-20)26-15-18(22)14-25-19-8-4-2-5-9-19;2*1-3-5-7-9-10-8-6-4-2/h2-11,18,21-22H,12-17H2,1H3;2*3-10H2,1-2H3. The second-order valence-electron chi connectivity index (χ2n) is 12.2. The van der Waals surface area contributed by atoms with Crippen LogP contribution in [0.4, 0.5) is 0 Å². The summed E-state index contributed by atoms with van der Waals surface area (Å²) in [5, 5.41) is 10.1. The zero-order chi connectivity index (χ0) is 34.5. The van der Waals surface area contributed by atoms with E-state index in [1.54, 1.807) is 7.11 Å². The van der Waals surface area contributed by atoms with E-state index in [-0.39, 0.29) is 19.3 Å². The van der Waals surface area contributed by atoms with E-state index >= 15 is 0 Å². The van der Waals surface area contributed by atoms with Crippen LogP contribution in [0.1, 0.15) is 130 Å². The molecule has 2 atom stereocenters. The average Bonchev–Trinajstić information content (AvgIpc) is 3.11. The van der Waals surface area contributed by atoms with Gasteiger partial charge < -0.3 is 28.8 Å². The number of para-hydroxylation sites is 2. The van der Waals surface area contributed by atoms with E-state index in [2.05, 4.69) is 27.7 Å². The highest BCUT2D eigenvalue weighted by Gasteiger charge is 2.15. The van der Waals surface area contributed by atoms with Crippen LogP contribution >= 0.6 is 0 Å². The van der Waals surface area contributed by atoms with E-state index in [4.69, 9.17) is 23.7 Å². The van der Waals surface area contributed by atoms with Crippen molar-refractivity contribution in [3.05, 3.63) is 60.7 Å². The molecule has 0 spiro atoms. The lowest BCUT2D eigenvalue weighted by Crippen LogP contribution is -2.33. The number of hydrogen-bond donors (Lipinski definition) is 1. The summed E-state index contributed by atoms with van der Waals surface area (Å²) >= 11 is 0. The van der Waals surface area contributed by atoms with E-state index in [1.807, 2.05) is 60.7 Å². The van der Waals surface area contributed by atoms with Crippen molar-refractivity contribution < 1.29 is 28.8 Å². The Labute approximate surface area is 289 Å². The summed E-state index contributed by atoms with van der Waals surface area (Å²) in [6, 6.07) is 18.9. The Kier molecular flexibility index (Phi) is 35.1. The molecule has 6 nitrogen and oxygen atoms in total. The van der Waals surface area contributed by atoms with Crippen molar-refractivity contribution in [2.75, 3.05) is 46.8 Å². The number of methoxy groups -OCH3 is 1. The van der Waals surface area contributed by atoms with Crippen molar-refractivity contribution in [1.82, 2.24) is 0 Å². The maximum Gasteiger partial charge on any atom is 0.119 e. The number of rotatable bonds is 28. The first-order chi connectivity index (χ1) is 23.1. The van der Waals surface area contributed by atoms with Gasteiger partial charge in [0.05, 0.1) is 26.4 Å². The minimum absolute atomic E-state index is 0.128. The van der Waals surface area contributed by atoms with Gasteiger partial charge in [-0.1, -0.05) is 167 Å². The number of hydrogen-bond acceptors (Lipinski definition) is 6. The maximum atomic E-state index is 10.1. The maximum absolute atomic E-state index is 10.1. The molecule has 0 heterocycles. The highest BCUT2D eigenvalue weighted by molar-refractivity contribution is 5.21. The van der Waals surface area contributed by atoms with Crippen LogP contribution in [0.2, 0.25) is 0 Å². The first kappa shape index (κ1) is 44.9. The highest BCUT2D eigenvalue weighted by Crippen LogP contribution is 2.12. The number of ether oxygens (including phenoxy) is 5. The second-order valence-corrected chi connectivity index (χ2v) is 12.2. The molecule has 1 N–H and O–H groups in total. The predicted molar refractivity (Wildman–Crippen MR) is 199 cm³/mol. The molecule has 0 radical (unpaired) electrons. The summed E-state index contributed by atoms with van der Waals surface area (Å²) in [7, 11) is 1.62. The number of benzene rings is 2. The van der Waals surface area contributed by atoms with E-state index in [9.17, 15) is 5.11 Å². The van der Waals surface area contributed by atoms with E-state index in [0.29, 0.717) is 32.2 Å². The van der Waals surface area contributed by atoms with Gasteiger partial charge in [0.25, 0.3) is 0 Å². The van der Waals surface area contributed by atoms with Crippen LogP contribution in [0.5, 0.6) is 11.5 Å². The summed E-state index contributed by atoms with van der Waals surface area (Å²) in [5.74, 6) is 1.47. The smallest absolute Gasteiger partial charge is 0.119 e. The summed E-state index contributed by atoms with van der Waals surface area (Å²) in [6.07, 6.45) is 21.9. The molecule has 6 heteroatoms. The van der Waals surface area contributed by atoms with Crippen LogP contribution in [0.25, 0.3) is 0 Å². The molecular weight excluding hydrogens is 588 g/mol. The topological polar surface area (TPSA) is 66.4 Å². The summed E-state index contributed by atoms with van der Waals surface area (Å²) in [6.45, 7) is 11.0. The summed E-state index contributed by atoms with van der Waals surface area (Å²) < 4.78 is 27.6. The Morgan fingerprint density at radius 3 is 1.30 bits per heavy atom. The minimum Gasteiger partial charge on any atom is -0.491 e. The number of aliphatic hydroxyl groups excluding tert-OH is 1. The predicted octanol–water partition coefficient (Wildman–Crippen LogP) is 10.8. The first-order valence-electron chi connectivity index (χ1n) is 18.8. The SMILES string of the molecule is CCCCCCCCCC.CCCCCCCCCC.COCCOCC(COc1ccccc1)OCC(O)COc1ccccc1. The third-order valence-electron chi connectivity index (χ3n) is 7.54. The van der Waals surface area contributed by atoms with Crippen LogP contribution in [0.15, 0.2) is 60.7 Å². The molecule has 2 aromatic carbocycles. The van der Waals surface area contributed by atoms with Gasteiger partial charge in [0.1, 0.15) is 36.9 Å². The van der Waals surface area contributed by atoms with Crippen LogP contribution in [0.3, 0.4) is 0 Å². The van der Waals surface area contributed by atoms with Crippen molar-refractivity contribution >= 4 is 0 Å². The van der Waals surface area contributed by atoms with Crippen molar-refractivity contribution in [2.45, 2.75) is 143 Å². The molecular formula is C41H72O6. The van der Waals surface area contributed by atoms with Crippen LogP contribution in [0, 0.1) is 0 Å². The van der Waals surface area contributed by atoms with E-state index in [1.165, 1.54) is 103 Å². The minimum atomic E-state index is -0.747. The lowest BCUT2D eigenvalue weighted by Gasteiger charge is -2.21. The lowest BCUT2D eigenvalue weighted by molar-refractivity contribution is -0.0747. The fraction of sp³-hybridized carbons (Fsp3) is 0.707. The monoisotopic (exact) mass is 661 g/mol. The molecule has 0 saturated carbocycles. The molecule has 0 fully saturated rings. The Balaban J connectivity index is 0.000000868. The van der Waals surface area contributed by atoms with E-state index in [0.717, 1.165) is 5.75 Å². The Morgan fingerprint density at radius 2 is 0.894 bits per heavy atom. The molecule has 0 aromatic heterocycles. The van der Waals surface area contributed by atoms with E-state index < -0.39 is 6.10 Å². The van der Waals surface area contributed by atoms with Gasteiger partial charge >= 0.3 is 0 Å². The Bertz CT molecular complexity index is 802. The molecule has 0 aliphatic carbocycles. The number of unbranched alkanes of at least 4 members (excludes halogenated alkanes) is 14. The molecule has 272 valence electrons. The lowest BCUT2D eigenvalue weighted by atomic mass is 10.1. The molecule has 0 bridgehead atoms. The van der Waals surface area contributed by atoms with Crippen molar-refractivity contribution in [3.8, 4) is 11.5 Å². The molecule has 0 aliphatic rings. The van der Waals surface area contributed by atoms with Gasteiger partial charge in [-0.05, 0) is 24.3 Å². The molecule has 47 heavy (non-hydrogen) atoms. The van der Waals surface area contributed by atoms with Gasteiger partial charge in [0.15, 0.2) is 0 Å². The third kappa shape index (κ3) is 32.2. The molecule has 0 amide bonds. The first-order valence-corrected chi connectivity index (χ1v) is 18.8. The number of aliphatic hydroxyl groups is 1. The van der Waals surface area contributed by atoms with Gasteiger partial charge in [0, 0.05) is 7.11 Å². The van der Waals surface area contributed by atoms with Crippen LogP contribution in [-0.4, -0.2) is 64.1 Å². The van der Waals surface area contributed by atoms with Crippen molar-refractivity contribution in [2.24, 2.45) is 0 Å². The zero-order valence-electron chi connectivity index (χ0n) is 31.0. The Morgan fingerprint density at radius 1 is 0.489 bits per heavy atom. The molecule has 0 aliphatic heterocycles. The zero-order valence-corrected chi connectivity index (χ0v) is 31.0. The largest absolute Gasteiger partial charge is 0.491 e. The normalized spacial score (nSPS) is 11.9. The molecule has 2 rings (SSSR count). The van der Waals surface area contributed by atoms with Crippen LogP contribution < -0.4 is 9.47 Å².